The molecule has 1 heteroatoms. The summed E-state index contributed by atoms with van der Waals surface area (Å²) in [4.78, 5) is 0. The molecule has 2 aromatic carbocycles. The van der Waals surface area contributed by atoms with E-state index in [9.17, 15) is 0 Å². The molecule has 0 bridgehead atoms. The zero-order valence-corrected chi connectivity index (χ0v) is 12.2. The fraction of sp³-hybridized carbons (Fsp3) is 0.176. The van der Waals surface area contributed by atoms with Crippen LogP contribution in [0, 0.1) is 6.92 Å². The van der Waals surface area contributed by atoms with E-state index in [-0.39, 0.29) is 0 Å². The molecular formula is C17H15Br. The Labute approximate surface area is 116 Å². The maximum atomic E-state index is 3.63. The number of benzene rings is 2. The summed E-state index contributed by atoms with van der Waals surface area (Å²) in [5, 5.41) is 0. The highest BCUT2D eigenvalue weighted by atomic mass is 79.9. The van der Waals surface area contributed by atoms with Gasteiger partial charge in [-0.25, -0.2) is 0 Å². The smallest absolute Gasteiger partial charge is 0.0187 e. The van der Waals surface area contributed by atoms with Gasteiger partial charge in [0.05, 0.1) is 0 Å². The standard InChI is InChI=1S/C17H15Br/c1-11-3-6-13(7-4-11)17-10-14(18)9-16-12(2)5-8-15(16)17/h3-7,9-10H,8H2,1-2H3. The fourth-order valence-electron chi connectivity index (χ4n) is 2.56. The molecule has 0 radical (unpaired) electrons. The third-order valence-electron chi connectivity index (χ3n) is 3.61. The predicted octanol–water partition coefficient (Wildman–Crippen LogP) is 5.38. The van der Waals surface area contributed by atoms with Crippen molar-refractivity contribution in [3.05, 3.63) is 63.6 Å². The maximum absolute atomic E-state index is 3.63. The van der Waals surface area contributed by atoms with Crippen LogP contribution in [0.25, 0.3) is 16.7 Å². The molecule has 0 saturated carbocycles. The molecule has 0 nitrogen and oxygen atoms in total. The van der Waals surface area contributed by atoms with Crippen molar-refractivity contribution in [2.45, 2.75) is 20.3 Å². The van der Waals surface area contributed by atoms with E-state index in [1.807, 2.05) is 0 Å². The van der Waals surface area contributed by atoms with Crippen molar-refractivity contribution in [3.63, 3.8) is 0 Å². The molecule has 0 heterocycles. The summed E-state index contributed by atoms with van der Waals surface area (Å²) in [6, 6.07) is 13.2. The number of allylic oxidation sites excluding steroid dienone is 2. The molecule has 0 fully saturated rings. The maximum Gasteiger partial charge on any atom is 0.0187 e. The normalized spacial score (nSPS) is 13.4. The Kier molecular flexibility index (Phi) is 2.87. The van der Waals surface area contributed by atoms with Crippen molar-refractivity contribution in [3.8, 4) is 11.1 Å². The second-order valence-electron chi connectivity index (χ2n) is 4.94. The number of hydrogen-bond donors (Lipinski definition) is 0. The second-order valence-corrected chi connectivity index (χ2v) is 5.85. The van der Waals surface area contributed by atoms with Crippen molar-refractivity contribution < 1.29 is 0 Å². The third kappa shape index (κ3) is 1.93. The van der Waals surface area contributed by atoms with Gasteiger partial charge in [-0.05, 0) is 60.2 Å². The molecule has 0 atom stereocenters. The Hall–Kier alpha value is -1.34. The molecule has 0 aromatic heterocycles. The summed E-state index contributed by atoms with van der Waals surface area (Å²) in [6.07, 6.45) is 3.37. The molecule has 0 spiro atoms. The Balaban J connectivity index is 2.20. The highest BCUT2D eigenvalue weighted by Gasteiger charge is 2.16. The Morgan fingerprint density at radius 3 is 2.33 bits per heavy atom. The third-order valence-corrected chi connectivity index (χ3v) is 4.07. The Bertz CT molecular complexity index is 633. The van der Waals surface area contributed by atoms with Crippen LogP contribution in [0.1, 0.15) is 23.6 Å². The van der Waals surface area contributed by atoms with Gasteiger partial charge in [-0.1, -0.05) is 51.8 Å². The van der Waals surface area contributed by atoms with Gasteiger partial charge < -0.3 is 0 Å². The molecule has 0 N–H and O–H groups in total. The molecule has 1 aliphatic carbocycles. The number of hydrogen-bond acceptors (Lipinski definition) is 0. The quantitative estimate of drug-likeness (QED) is 0.663. The van der Waals surface area contributed by atoms with Crippen LogP contribution in [0.15, 0.2) is 46.9 Å². The first kappa shape index (κ1) is 11.7. The SMILES string of the molecule is CC1=CCc2c1cc(Br)cc2-c1ccc(C)cc1. The number of aryl methyl sites for hydroxylation is 1. The van der Waals surface area contributed by atoms with Crippen LogP contribution in [0.4, 0.5) is 0 Å². The molecule has 1 aliphatic rings. The van der Waals surface area contributed by atoms with Crippen LogP contribution in [0.2, 0.25) is 0 Å². The van der Waals surface area contributed by atoms with Crippen LogP contribution >= 0.6 is 15.9 Å². The predicted molar refractivity (Wildman–Crippen MR) is 81.7 cm³/mol. The molecule has 0 aliphatic heterocycles. The zero-order valence-electron chi connectivity index (χ0n) is 10.6. The molecule has 90 valence electrons. The highest BCUT2D eigenvalue weighted by Crippen LogP contribution is 2.37. The average molecular weight is 299 g/mol. The lowest BCUT2D eigenvalue weighted by molar-refractivity contribution is 1.30. The summed E-state index contributed by atoms with van der Waals surface area (Å²) < 4.78 is 1.16. The lowest BCUT2D eigenvalue weighted by Crippen LogP contribution is -1.90. The second kappa shape index (κ2) is 4.40. The lowest BCUT2D eigenvalue weighted by Gasteiger charge is -2.11. The van der Waals surface area contributed by atoms with Gasteiger partial charge in [0.25, 0.3) is 0 Å². The monoisotopic (exact) mass is 298 g/mol. The van der Waals surface area contributed by atoms with E-state index in [1.54, 1.807) is 0 Å². The lowest BCUT2D eigenvalue weighted by atomic mass is 9.95. The largest absolute Gasteiger partial charge is 0.0765 e. The van der Waals surface area contributed by atoms with Gasteiger partial charge in [0.15, 0.2) is 0 Å². The minimum Gasteiger partial charge on any atom is -0.0765 e. The van der Waals surface area contributed by atoms with E-state index in [1.165, 1.54) is 33.4 Å². The molecule has 3 rings (SSSR count). The molecule has 0 saturated heterocycles. The van der Waals surface area contributed by atoms with Crippen LogP contribution < -0.4 is 0 Å². The van der Waals surface area contributed by atoms with Gasteiger partial charge >= 0.3 is 0 Å². The van der Waals surface area contributed by atoms with Gasteiger partial charge in [0.1, 0.15) is 0 Å². The first-order valence-corrected chi connectivity index (χ1v) is 7.01. The van der Waals surface area contributed by atoms with E-state index in [4.69, 9.17) is 0 Å². The summed E-state index contributed by atoms with van der Waals surface area (Å²) in [5.74, 6) is 0. The summed E-state index contributed by atoms with van der Waals surface area (Å²) >= 11 is 3.63. The van der Waals surface area contributed by atoms with Crippen LogP contribution in [-0.4, -0.2) is 0 Å². The molecular weight excluding hydrogens is 284 g/mol. The molecule has 2 aromatic rings. The molecule has 0 unspecified atom stereocenters. The van der Waals surface area contributed by atoms with Crippen molar-refractivity contribution in [1.29, 1.82) is 0 Å². The molecule has 18 heavy (non-hydrogen) atoms. The summed E-state index contributed by atoms with van der Waals surface area (Å²) in [5.41, 5.74) is 8.20. The van der Waals surface area contributed by atoms with Crippen molar-refractivity contribution in [2.75, 3.05) is 0 Å². The van der Waals surface area contributed by atoms with Crippen LogP contribution in [0.5, 0.6) is 0 Å². The van der Waals surface area contributed by atoms with E-state index in [0.717, 1.165) is 10.9 Å². The number of rotatable bonds is 1. The number of fused-ring (bicyclic) bond motifs is 1. The number of halogens is 1. The fourth-order valence-corrected chi connectivity index (χ4v) is 3.02. The Morgan fingerprint density at radius 1 is 0.944 bits per heavy atom. The summed E-state index contributed by atoms with van der Waals surface area (Å²) in [7, 11) is 0. The Morgan fingerprint density at radius 2 is 1.61 bits per heavy atom. The average Bonchev–Trinajstić information content (AvgIpc) is 2.71. The zero-order chi connectivity index (χ0) is 12.7. The minimum absolute atomic E-state index is 1.05. The molecule has 0 amide bonds. The first-order chi connectivity index (χ1) is 8.65. The van der Waals surface area contributed by atoms with Gasteiger partial charge in [0.2, 0.25) is 0 Å². The van der Waals surface area contributed by atoms with Crippen molar-refractivity contribution >= 4 is 21.5 Å². The van der Waals surface area contributed by atoms with Gasteiger partial charge in [0, 0.05) is 4.47 Å². The van der Waals surface area contributed by atoms with E-state index >= 15 is 0 Å². The minimum atomic E-state index is 1.05. The topological polar surface area (TPSA) is 0 Å². The van der Waals surface area contributed by atoms with Crippen LogP contribution in [0.3, 0.4) is 0 Å². The highest BCUT2D eigenvalue weighted by molar-refractivity contribution is 9.10. The van der Waals surface area contributed by atoms with Gasteiger partial charge in [-0.2, -0.15) is 0 Å². The van der Waals surface area contributed by atoms with E-state index in [2.05, 4.69) is 72.3 Å². The first-order valence-electron chi connectivity index (χ1n) is 6.22. The summed E-state index contributed by atoms with van der Waals surface area (Å²) in [6.45, 7) is 4.32. The van der Waals surface area contributed by atoms with Crippen LogP contribution in [-0.2, 0) is 6.42 Å². The van der Waals surface area contributed by atoms with E-state index in [0.29, 0.717) is 0 Å². The van der Waals surface area contributed by atoms with E-state index < -0.39 is 0 Å². The van der Waals surface area contributed by atoms with Gasteiger partial charge in [-0.3, -0.25) is 0 Å². The van der Waals surface area contributed by atoms with Crippen molar-refractivity contribution in [2.24, 2.45) is 0 Å². The van der Waals surface area contributed by atoms with Gasteiger partial charge in [-0.15, -0.1) is 0 Å². The van der Waals surface area contributed by atoms with Crippen molar-refractivity contribution in [1.82, 2.24) is 0 Å².